The second-order valence-electron chi connectivity index (χ2n) is 5.80. The quantitative estimate of drug-likeness (QED) is 0.919. The second kappa shape index (κ2) is 7.22. The lowest BCUT2D eigenvalue weighted by molar-refractivity contribution is 0.0591. The van der Waals surface area contributed by atoms with Gasteiger partial charge in [0.05, 0.1) is 12.6 Å². The van der Waals surface area contributed by atoms with Crippen LogP contribution in [0.2, 0.25) is 5.02 Å². The van der Waals surface area contributed by atoms with Crippen molar-refractivity contribution in [3.8, 4) is 0 Å². The molecule has 0 unspecified atom stereocenters. The Kier molecular flexibility index (Phi) is 5.08. The van der Waals surface area contributed by atoms with Crippen molar-refractivity contribution in [3.05, 3.63) is 47.5 Å². The fraction of sp³-hybridized carbons (Fsp3) is 0.500. The third-order valence-corrected chi connectivity index (χ3v) is 4.63. The molecular weight excluding hydrogens is 300 g/mol. The van der Waals surface area contributed by atoms with Crippen molar-refractivity contribution in [1.29, 1.82) is 0 Å². The van der Waals surface area contributed by atoms with Gasteiger partial charge in [0.15, 0.2) is 0 Å². The highest BCUT2D eigenvalue weighted by molar-refractivity contribution is 6.31. The topological polar surface area (TPSA) is 54.2 Å². The van der Waals surface area contributed by atoms with Crippen molar-refractivity contribution in [2.45, 2.75) is 38.0 Å². The van der Waals surface area contributed by atoms with E-state index in [2.05, 4.69) is 15.0 Å². The highest BCUT2D eigenvalue weighted by atomic mass is 35.5. The molecule has 1 saturated heterocycles. The molecule has 0 saturated carbocycles. The molecular formula is C16H21ClN4O. The summed E-state index contributed by atoms with van der Waals surface area (Å²) < 4.78 is 1.87. The zero-order valence-electron chi connectivity index (χ0n) is 12.5. The number of likely N-dealkylation sites (tertiary alicyclic amines) is 1. The monoisotopic (exact) mass is 320 g/mol. The van der Waals surface area contributed by atoms with Crippen molar-refractivity contribution in [2.24, 2.45) is 0 Å². The molecule has 3 rings (SSSR count). The number of piperidine rings is 1. The Balaban J connectivity index is 1.67. The second-order valence-corrected chi connectivity index (χ2v) is 6.21. The maximum atomic E-state index is 10.5. The Morgan fingerprint density at radius 1 is 1.32 bits per heavy atom. The first-order valence-electron chi connectivity index (χ1n) is 7.73. The Hall–Kier alpha value is -1.43. The number of aliphatic hydroxyl groups excluding tert-OH is 1. The van der Waals surface area contributed by atoms with Crippen molar-refractivity contribution in [2.75, 3.05) is 13.1 Å². The number of halogens is 1. The zero-order chi connectivity index (χ0) is 15.4. The van der Waals surface area contributed by atoms with Crippen LogP contribution in [0.5, 0.6) is 0 Å². The minimum atomic E-state index is -0.565. The molecule has 0 radical (unpaired) electrons. The Bertz CT molecular complexity index is 590. The summed E-state index contributed by atoms with van der Waals surface area (Å²) in [6.07, 6.45) is 6.25. The number of β-amino-alcohol motifs (C(OH)–C–C–N with tert-alkyl or cyclic N) is 1. The highest BCUT2D eigenvalue weighted by Gasteiger charge is 2.26. The third kappa shape index (κ3) is 3.66. The fourth-order valence-corrected chi connectivity index (χ4v) is 3.38. The van der Waals surface area contributed by atoms with Gasteiger partial charge < -0.3 is 5.11 Å². The van der Waals surface area contributed by atoms with E-state index in [-0.39, 0.29) is 0 Å². The molecule has 0 spiro atoms. The molecule has 118 valence electrons. The van der Waals surface area contributed by atoms with Crippen LogP contribution in [-0.4, -0.2) is 43.9 Å². The van der Waals surface area contributed by atoms with Crippen LogP contribution >= 0.6 is 11.6 Å². The normalized spacial score (nSPS) is 20.9. The average Bonchev–Trinajstić information content (AvgIpc) is 3.02. The van der Waals surface area contributed by atoms with Crippen LogP contribution in [0.3, 0.4) is 0 Å². The van der Waals surface area contributed by atoms with Gasteiger partial charge in [-0.05, 0) is 25.5 Å². The van der Waals surface area contributed by atoms with Gasteiger partial charge in [0.2, 0.25) is 0 Å². The van der Waals surface area contributed by atoms with Crippen LogP contribution in [-0.2, 0) is 6.54 Å². The molecule has 6 heteroatoms. The number of nitrogens with zero attached hydrogens (tertiary/aromatic N) is 4. The SMILES string of the molecule is O[C@H](CN1CCCC[C@H]1Cn1cncn1)c1ccccc1Cl. The standard InChI is InChI=1S/C16H21ClN4O/c17-15-7-2-1-6-14(15)16(22)10-20-8-4-3-5-13(20)9-21-12-18-11-19-21/h1-2,6-7,11-13,16,22H,3-5,8-10H2/t13-,16+/m0/s1. The van der Waals surface area contributed by atoms with Gasteiger partial charge in [0.1, 0.15) is 12.7 Å². The van der Waals surface area contributed by atoms with Crippen LogP contribution in [0, 0.1) is 0 Å². The van der Waals surface area contributed by atoms with Crippen molar-refractivity contribution >= 4 is 11.6 Å². The largest absolute Gasteiger partial charge is 0.387 e. The molecule has 0 amide bonds. The minimum absolute atomic E-state index is 0.382. The molecule has 1 aromatic carbocycles. The zero-order valence-corrected chi connectivity index (χ0v) is 13.2. The molecule has 2 atom stereocenters. The van der Waals surface area contributed by atoms with Crippen LogP contribution < -0.4 is 0 Å². The maximum absolute atomic E-state index is 10.5. The maximum Gasteiger partial charge on any atom is 0.137 e. The number of hydrogen-bond donors (Lipinski definition) is 1. The Morgan fingerprint density at radius 3 is 2.95 bits per heavy atom. The van der Waals surface area contributed by atoms with Gasteiger partial charge in [-0.3, -0.25) is 9.58 Å². The predicted octanol–water partition coefficient (Wildman–Crippen LogP) is 2.52. The van der Waals surface area contributed by atoms with Gasteiger partial charge in [-0.25, -0.2) is 4.98 Å². The number of aliphatic hydroxyl groups is 1. The van der Waals surface area contributed by atoms with E-state index in [4.69, 9.17) is 11.6 Å². The number of benzene rings is 1. The first kappa shape index (κ1) is 15.5. The molecule has 2 aromatic rings. The Labute approximate surface area is 135 Å². The predicted molar refractivity (Wildman–Crippen MR) is 85.6 cm³/mol. The van der Waals surface area contributed by atoms with E-state index in [0.717, 1.165) is 25.1 Å². The van der Waals surface area contributed by atoms with Crippen LogP contribution in [0.4, 0.5) is 0 Å². The van der Waals surface area contributed by atoms with Crippen LogP contribution in [0.1, 0.15) is 30.9 Å². The molecule has 1 aliphatic rings. The van der Waals surface area contributed by atoms with Gasteiger partial charge in [-0.1, -0.05) is 36.2 Å². The number of hydrogen-bond acceptors (Lipinski definition) is 4. The van der Waals surface area contributed by atoms with Gasteiger partial charge >= 0.3 is 0 Å². The van der Waals surface area contributed by atoms with E-state index in [0.29, 0.717) is 17.6 Å². The molecule has 5 nitrogen and oxygen atoms in total. The molecule has 1 aromatic heterocycles. The first-order valence-corrected chi connectivity index (χ1v) is 8.11. The van der Waals surface area contributed by atoms with E-state index in [1.54, 1.807) is 12.7 Å². The molecule has 0 bridgehead atoms. The highest BCUT2D eigenvalue weighted by Crippen LogP contribution is 2.26. The van der Waals surface area contributed by atoms with Crippen LogP contribution in [0.25, 0.3) is 0 Å². The van der Waals surface area contributed by atoms with Crippen molar-refractivity contribution < 1.29 is 5.11 Å². The summed E-state index contributed by atoms with van der Waals surface area (Å²) in [5.74, 6) is 0. The van der Waals surface area contributed by atoms with Gasteiger partial charge in [-0.2, -0.15) is 5.10 Å². The summed E-state index contributed by atoms with van der Waals surface area (Å²) in [6.45, 7) is 2.42. The summed E-state index contributed by atoms with van der Waals surface area (Å²) in [5.41, 5.74) is 0.800. The summed E-state index contributed by atoms with van der Waals surface area (Å²) >= 11 is 6.19. The van der Waals surface area contributed by atoms with E-state index in [1.165, 1.54) is 12.8 Å². The van der Waals surface area contributed by atoms with Crippen molar-refractivity contribution in [1.82, 2.24) is 19.7 Å². The Morgan fingerprint density at radius 2 is 2.18 bits per heavy atom. The lowest BCUT2D eigenvalue weighted by Crippen LogP contribution is -2.44. The molecule has 1 aliphatic heterocycles. The van der Waals surface area contributed by atoms with Gasteiger partial charge in [-0.15, -0.1) is 0 Å². The average molecular weight is 321 g/mol. The molecule has 1 fully saturated rings. The van der Waals surface area contributed by atoms with E-state index < -0.39 is 6.10 Å². The lowest BCUT2D eigenvalue weighted by Gasteiger charge is -2.36. The van der Waals surface area contributed by atoms with E-state index >= 15 is 0 Å². The van der Waals surface area contributed by atoms with E-state index in [1.807, 2.05) is 28.9 Å². The van der Waals surface area contributed by atoms with Gasteiger partial charge in [0.25, 0.3) is 0 Å². The molecule has 1 N–H and O–H groups in total. The molecule has 2 heterocycles. The first-order chi connectivity index (χ1) is 10.7. The summed E-state index contributed by atoms with van der Waals surface area (Å²) in [4.78, 5) is 6.35. The fourth-order valence-electron chi connectivity index (χ4n) is 3.12. The summed E-state index contributed by atoms with van der Waals surface area (Å²) in [7, 11) is 0. The van der Waals surface area contributed by atoms with Crippen LogP contribution in [0.15, 0.2) is 36.9 Å². The van der Waals surface area contributed by atoms with Crippen molar-refractivity contribution in [3.63, 3.8) is 0 Å². The van der Waals surface area contributed by atoms with E-state index in [9.17, 15) is 5.11 Å². The lowest BCUT2D eigenvalue weighted by atomic mass is 10.00. The number of aromatic nitrogens is 3. The molecule has 0 aliphatic carbocycles. The molecule has 22 heavy (non-hydrogen) atoms. The minimum Gasteiger partial charge on any atom is -0.387 e. The summed E-state index contributed by atoms with van der Waals surface area (Å²) in [5, 5.41) is 15.4. The summed E-state index contributed by atoms with van der Waals surface area (Å²) in [6, 6.07) is 7.89. The number of rotatable bonds is 5. The third-order valence-electron chi connectivity index (χ3n) is 4.29. The smallest absolute Gasteiger partial charge is 0.137 e. The van der Waals surface area contributed by atoms with Gasteiger partial charge in [0, 0.05) is 23.2 Å².